The van der Waals surface area contributed by atoms with Gasteiger partial charge in [0, 0.05) is 25.1 Å². The fraction of sp³-hybridized carbons (Fsp3) is 0.714. The molecule has 106 valence electrons. The third-order valence-electron chi connectivity index (χ3n) is 3.57. The number of nitrogens with zero attached hydrogens (tertiary/aromatic N) is 3. The van der Waals surface area contributed by atoms with Crippen molar-refractivity contribution < 1.29 is 4.74 Å². The lowest BCUT2D eigenvalue weighted by molar-refractivity contribution is 0.0381. The van der Waals surface area contributed by atoms with Crippen molar-refractivity contribution in [1.82, 2.24) is 9.97 Å². The Kier molecular flexibility index (Phi) is 4.58. The minimum absolute atomic E-state index is 0.291. The fourth-order valence-electron chi connectivity index (χ4n) is 2.37. The largest absolute Gasteiger partial charge is 0.383 e. The monoisotopic (exact) mass is 264 g/mol. The number of morpholine rings is 1. The Labute approximate surface area is 115 Å². The predicted molar refractivity (Wildman–Crippen MR) is 77.4 cm³/mol. The molecule has 2 N–H and O–H groups in total. The molecular formula is C14H24N4O. The Morgan fingerprint density at radius 2 is 2.16 bits per heavy atom. The van der Waals surface area contributed by atoms with Crippen molar-refractivity contribution in [3.05, 3.63) is 11.4 Å². The zero-order valence-electron chi connectivity index (χ0n) is 12.1. The first kappa shape index (κ1) is 14.1. The van der Waals surface area contributed by atoms with Gasteiger partial charge in [0.15, 0.2) is 0 Å². The minimum Gasteiger partial charge on any atom is -0.383 e. The summed E-state index contributed by atoms with van der Waals surface area (Å²) in [6, 6.07) is 0. The molecule has 1 fully saturated rings. The standard InChI is InChI=1S/C14H24N4O/c1-4-6-12-16-13(15)10(3)14(17-12)18-7-8-19-11(5-2)9-18/h11H,4-9H2,1-3H3,(H2,15,16,17). The molecule has 0 bridgehead atoms. The highest BCUT2D eigenvalue weighted by Crippen LogP contribution is 2.24. The molecule has 5 nitrogen and oxygen atoms in total. The van der Waals surface area contributed by atoms with Crippen molar-refractivity contribution in [2.24, 2.45) is 0 Å². The molecule has 1 aliphatic rings. The van der Waals surface area contributed by atoms with Crippen LogP contribution in [0.15, 0.2) is 0 Å². The van der Waals surface area contributed by atoms with Gasteiger partial charge in [-0.2, -0.15) is 0 Å². The summed E-state index contributed by atoms with van der Waals surface area (Å²) in [5.41, 5.74) is 7.00. The van der Waals surface area contributed by atoms with E-state index in [1.54, 1.807) is 0 Å². The van der Waals surface area contributed by atoms with Crippen LogP contribution < -0.4 is 10.6 Å². The van der Waals surface area contributed by atoms with Crippen LogP contribution in [0, 0.1) is 6.92 Å². The predicted octanol–water partition coefficient (Wildman–Crippen LogP) is 1.93. The van der Waals surface area contributed by atoms with E-state index in [4.69, 9.17) is 15.5 Å². The molecule has 0 aromatic carbocycles. The second-order valence-corrected chi connectivity index (χ2v) is 5.07. The van der Waals surface area contributed by atoms with Crippen molar-refractivity contribution in [3.63, 3.8) is 0 Å². The van der Waals surface area contributed by atoms with Crippen LogP contribution in [0.25, 0.3) is 0 Å². The Balaban J connectivity index is 2.26. The van der Waals surface area contributed by atoms with Crippen LogP contribution >= 0.6 is 0 Å². The third-order valence-corrected chi connectivity index (χ3v) is 3.57. The smallest absolute Gasteiger partial charge is 0.137 e. The van der Waals surface area contributed by atoms with Crippen LogP contribution in [-0.2, 0) is 11.2 Å². The van der Waals surface area contributed by atoms with Gasteiger partial charge >= 0.3 is 0 Å². The quantitative estimate of drug-likeness (QED) is 0.900. The first-order valence-corrected chi connectivity index (χ1v) is 7.15. The maximum absolute atomic E-state index is 6.02. The molecule has 0 aliphatic carbocycles. The Morgan fingerprint density at radius 1 is 1.37 bits per heavy atom. The number of hydrogen-bond acceptors (Lipinski definition) is 5. The molecule has 1 aromatic rings. The van der Waals surface area contributed by atoms with Crippen molar-refractivity contribution in [2.45, 2.75) is 46.1 Å². The zero-order valence-corrected chi connectivity index (χ0v) is 12.1. The van der Waals surface area contributed by atoms with Gasteiger partial charge < -0.3 is 15.4 Å². The van der Waals surface area contributed by atoms with E-state index in [9.17, 15) is 0 Å². The molecule has 2 heterocycles. The van der Waals surface area contributed by atoms with Crippen LogP contribution in [0.1, 0.15) is 38.1 Å². The van der Waals surface area contributed by atoms with Gasteiger partial charge in [0.1, 0.15) is 17.5 Å². The number of aromatic nitrogens is 2. The van der Waals surface area contributed by atoms with E-state index in [0.717, 1.165) is 56.2 Å². The SMILES string of the molecule is CCCc1nc(N)c(C)c(N2CCOC(CC)C2)n1. The minimum atomic E-state index is 0.291. The average Bonchev–Trinajstić information content (AvgIpc) is 2.43. The Bertz CT molecular complexity index is 436. The summed E-state index contributed by atoms with van der Waals surface area (Å²) in [5, 5.41) is 0. The van der Waals surface area contributed by atoms with Crippen molar-refractivity contribution in [2.75, 3.05) is 30.3 Å². The van der Waals surface area contributed by atoms with E-state index in [1.165, 1.54) is 0 Å². The van der Waals surface area contributed by atoms with Crippen LogP contribution in [0.2, 0.25) is 0 Å². The van der Waals surface area contributed by atoms with Crippen molar-refractivity contribution >= 4 is 11.6 Å². The normalized spacial score (nSPS) is 19.7. The second-order valence-electron chi connectivity index (χ2n) is 5.07. The van der Waals surface area contributed by atoms with E-state index in [1.807, 2.05) is 6.92 Å². The summed E-state index contributed by atoms with van der Waals surface area (Å²) < 4.78 is 5.71. The summed E-state index contributed by atoms with van der Waals surface area (Å²) in [6.07, 6.45) is 3.22. The second kappa shape index (κ2) is 6.19. The molecule has 1 atom stereocenters. The highest BCUT2D eigenvalue weighted by Gasteiger charge is 2.22. The molecular weight excluding hydrogens is 240 g/mol. The molecule has 0 saturated carbocycles. The maximum Gasteiger partial charge on any atom is 0.137 e. The lowest BCUT2D eigenvalue weighted by Gasteiger charge is -2.34. The summed E-state index contributed by atoms with van der Waals surface area (Å²) >= 11 is 0. The lowest BCUT2D eigenvalue weighted by atomic mass is 10.2. The highest BCUT2D eigenvalue weighted by molar-refractivity contribution is 5.56. The molecule has 1 aliphatic heterocycles. The van der Waals surface area contributed by atoms with E-state index in [0.29, 0.717) is 11.9 Å². The van der Waals surface area contributed by atoms with E-state index in [-0.39, 0.29) is 0 Å². The van der Waals surface area contributed by atoms with E-state index < -0.39 is 0 Å². The summed E-state index contributed by atoms with van der Waals surface area (Å²) in [7, 11) is 0. The number of hydrogen-bond donors (Lipinski definition) is 1. The fourth-order valence-corrected chi connectivity index (χ4v) is 2.37. The number of ether oxygens (including phenoxy) is 1. The topological polar surface area (TPSA) is 64.3 Å². The first-order valence-electron chi connectivity index (χ1n) is 7.15. The number of nitrogen functional groups attached to an aromatic ring is 1. The van der Waals surface area contributed by atoms with Crippen LogP contribution in [0.4, 0.5) is 11.6 Å². The van der Waals surface area contributed by atoms with Crippen LogP contribution in [0.5, 0.6) is 0 Å². The first-order chi connectivity index (χ1) is 9.15. The van der Waals surface area contributed by atoms with Gasteiger partial charge in [0.25, 0.3) is 0 Å². The van der Waals surface area contributed by atoms with Crippen LogP contribution in [-0.4, -0.2) is 35.8 Å². The molecule has 0 radical (unpaired) electrons. The molecule has 19 heavy (non-hydrogen) atoms. The molecule has 1 saturated heterocycles. The lowest BCUT2D eigenvalue weighted by Crippen LogP contribution is -2.43. The van der Waals surface area contributed by atoms with Crippen LogP contribution in [0.3, 0.4) is 0 Å². The summed E-state index contributed by atoms with van der Waals surface area (Å²) in [6.45, 7) is 8.79. The average molecular weight is 264 g/mol. The number of rotatable bonds is 4. The number of nitrogens with two attached hydrogens (primary N) is 1. The molecule has 5 heteroatoms. The molecule has 1 unspecified atom stereocenters. The van der Waals surface area contributed by atoms with Gasteiger partial charge in [-0.05, 0) is 19.8 Å². The van der Waals surface area contributed by atoms with E-state index in [2.05, 4.69) is 23.7 Å². The molecule has 0 amide bonds. The van der Waals surface area contributed by atoms with Gasteiger partial charge in [-0.15, -0.1) is 0 Å². The van der Waals surface area contributed by atoms with E-state index >= 15 is 0 Å². The van der Waals surface area contributed by atoms with Crippen molar-refractivity contribution in [1.29, 1.82) is 0 Å². The van der Waals surface area contributed by atoms with Gasteiger partial charge in [-0.25, -0.2) is 9.97 Å². The molecule has 0 spiro atoms. The third kappa shape index (κ3) is 3.15. The maximum atomic E-state index is 6.02. The van der Waals surface area contributed by atoms with Gasteiger partial charge in [-0.3, -0.25) is 0 Å². The highest BCUT2D eigenvalue weighted by atomic mass is 16.5. The Hall–Kier alpha value is -1.36. The van der Waals surface area contributed by atoms with Gasteiger partial charge in [0.2, 0.25) is 0 Å². The molecule has 2 rings (SSSR count). The summed E-state index contributed by atoms with van der Waals surface area (Å²) in [4.78, 5) is 11.3. The Morgan fingerprint density at radius 3 is 2.84 bits per heavy atom. The summed E-state index contributed by atoms with van der Waals surface area (Å²) in [5.74, 6) is 2.44. The number of aryl methyl sites for hydroxylation is 1. The van der Waals surface area contributed by atoms with Gasteiger partial charge in [-0.1, -0.05) is 13.8 Å². The molecule has 1 aromatic heterocycles. The zero-order chi connectivity index (χ0) is 13.8. The van der Waals surface area contributed by atoms with Crippen molar-refractivity contribution in [3.8, 4) is 0 Å². The number of anilines is 2. The van der Waals surface area contributed by atoms with Gasteiger partial charge in [0.05, 0.1) is 12.7 Å².